The van der Waals surface area contributed by atoms with E-state index in [1.807, 2.05) is 54.6 Å². The molecule has 0 spiro atoms. The predicted octanol–water partition coefficient (Wildman–Crippen LogP) is 11.5. The van der Waals surface area contributed by atoms with E-state index in [0.29, 0.717) is 47.5 Å². The first-order chi connectivity index (χ1) is 33.2. The summed E-state index contributed by atoms with van der Waals surface area (Å²) in [5.41, 5.74) is -0.330. The first-order valence-corrected chi connectivity index (χ1v) is 28.4. The van der Waals surface area contributed by atoms with Crippen LogP contribution in [-0.4, -0.2) is 106 Å². The van der Waals surface area contributed by atoms with Gasteiger partial charge in [0.25, 0.3) is 19.9 Å². The zero-order valence-corrected chi connectivity index (χ0v) is 43.4. The van der Waals surface area contributed by atoms with Gasteiger partial charge in [0, 0.05) is 72.1 Å². The summed E-state index contributed by atoms with van der Waals surface area (Å²) in [5, 5.41) is 4.19. The van der Waals surface area contributed by atoms with E-state index in [1.165, 1.54) is 34.8 Å². The molecule has 4 aromatic carbocycles. The van der Waals surface area contributed by atoms with Gasteiger partial charge in [0.2, 0.25) is 0 Å². The smallest absolute Gasteiger partial charge is 0.380 e. The number of thioether (sulfide) groups is 1. The van der Waals surface area contributed by atoms with Crippen molar-refractivity contribution in [3.05, 3.63) is 113 Å². The summed E-state index contributed by atoms with van der Waals surface area (Å²) in [4.78, 5) is 14.8. The molecule has 2 aliphatic heterocycles. The maximum atomic E-state index is 14.4. The van der Waals surface area contributed by atoms with E-state index in [2.05, 4.69) is 74.5 Å². The molecule has 70 heavy (non-hydrogen) atoms. The van der Waals surface area contributed by atoms with E-state index in [4.69, 9.17) is 11.6 Å². The van der Waals surface area contributed by atoms with Crippen LogP contribution in [0.25, 0.3) is 16.5 Å². The van der Waals surface area contributed by atoms with Crippen molar-refractivity contribution in [1.29, 1.82) is 0 Å². The lowest BCUT2D eigenvalue weighted by molar-refractivity contribution is -0.0435. The minimum atomic E-state index is -6.02. The maximum absolute atomic E-state index is 14.4. The quantitative estimate of drug-likeness (QED) is 0.0864. The highest BCUT2D eigenvalue weighted by Gasteiger charge is 2.48. The molecule has 1 aromatic heterocycles. The average molecular weight is 1040 g/mol. The van der Waals surface area contributed by atoms with Crippen LogP contribution in [0.3, 0.4) is 0 Å². The Kier molecular flexibility index (Phi) is 16.1. The predicted molar refractivity (Wildman–Crippen MR) is 278 cm³/mol. The van der Waals surface area contributed by atoms with E-state index in [9.17, 15) is 30.0 Å². The topological polar surface area (TPSA) is 128 Å². The van der Waals surface area contributed by atoms with Crippen molar-refractivity contribution in [3.63, 3.8) is 0 Å². The largest absolute Gasteiger partial charge is 0.501 e. The normalized spacial score (nSPS) is 18.4. The molecule has 0 amide bonds. The lowest BCUT2D eigenvalue weighted by Crippen LogP contribution is -2.47. The van der Waals surface area contributed by atoms with Crippen LogP contribution >= 0.6 is 23.4 Å². The van der Waals surface area contributed by atoms with Crippen molar-refractivity contribution >= 4 is 76.9 Å². The molecule has 1 atom stereocenters. The summed E-state index contributed by atoms with van der Waals surface area (Å²) in [6.07, 6.45) is 7.03. The third-order valence-electron chi connectivity index (χ3n) is 14.1. The molecule has 5 aromatic rings. The van der Waals surface area contributed by atoms with Gasteiger partial charge in [-0.2, -0.15) is 13.2 Å². The average Bonchev–Trinajstić information content (AvgIpc) is 3.33. The van der Waals surface area contributed by atoms with Gasteiger partial charge in [-0.3, -0.25) is 9.62 Å². The van der Waals surface area contributed by atoms with Gasteiger partial charge in [0.1, 0.15) is 11.2 Å². The fourth-order valence-corrected chi connectivity index (χ4v) is 13.2. The summed E-state index contributed by atoms with van der Waals surface area (Å²) < 4.78 is 100. The second kappa shape index (κ2) is 21.8. The molecule has 2 saturated heterocycles. The number of likely N-dealkylation sites (tertiary alicyclic amines) is 1. The van der Waals surface area contributed by atoms with Gasteiger partial charge in [0.05, 0.1) is 16.1 Å². The second-order valence-corrected chi connectivity index (χ2v) is 25.1. The number of alkyl halides is 3. The number of rotatable bonds is 17. The molecule has 0 bridgehead atoms. The van der Waals surface area contributed by atoms with Crippen molar-refractivity contribution < 1.29 is 30.0 Å². The van der Waals surface area contributed by atoms with Crippen LogP contribution in [0.2, 0.25) is 5.02 Å². The highest BCUT2D eigenvalue weighted by molar-refractivity contribution is 7.99. The van der Waals surface area contributed by atoms with Gasteiger partial charge < -0.3 is 15.1 Å². The molecule has 3 heterocycles. The Morgan fingerprint density at radius 2 is 1.57 bits per heavy atom. The van der Waals surface area contributed by atoms with Gasteiger partial charge in [0.15, 0.2) is 5.82 Å². The number of sulfonamides is 1. The van der Waals surface area contributed by atoms with Gasteiger partial charge >= 0.3 is 5.51 Å². The van der Waals surface area contributed by atoms with Gasteiger partial charge in [-0.1, -0.05) is 75.2 Å². The monoisotopic (exact) mass is 1040 g/mol. The van der Waals surface area contributed by atoms with Crippen molar-refractivity contribution in [2.75, 3.05) is 73.0 Å². The molecule has 0 radical (unpaired) electrons. The lowest BCUT2D eigenvalue weighted by atomic mass is 9.73. The van der Waals surface area contributed by atoms with Crippen molar-refractivity contribution in [3.8, 4) is 0 Å². The van der Waals surface area contributed by atoms with E-state index < -0.39 is 41.2 Å². The van der Waals surface area contributed by atoms with Crippen LogP contribution in [0.5, 0.6) is 0 Å². The van der Waals surface area contributed by atoms with Crippen molar-refractivity contribution in [1.82, 2.24) is 19.8 Å². The number of piperazine rings is 1. The first kappa shape index (κ1) is 51.9. The number of hydrogen-bond acceptors (Lipinski definition) is 11. The number of sulfone groups is 1. The summed E-state index contributed by atoms with van der Waals surface area (Å²) in [6, 6.07) is 25.5. The Bertz CT molecular complexity index is 2870. The molecule has 0 unspecified atom stereocenters. The van der Waals surface area contributed by atoms with E-state index in [0.717, 1.165) is 106 Å². The molecular formula is C52H63ClF3N7O4S3. The highest BCUT2D eigenvalue weighted by Crippen LogP contribution is 2.43. The van der Waals surface area contributed by atoms with Gasteiger partial charge in [-0.15, -0.1) is 11.8 Å². The molecule has 11 nitrogen and oxygen atoms in total. The summed E-state index contributed by atoms with van der Waals surface area (Å²) in [7, 11) is -10.7. The number of benzene rings is 4. The van der Waals surface area contributed by atoms with Crippen molar-refractivity contribution in [2.45, 2.75) is 92.5 Å². The number of piperidine rings is 1. The van der Waals surface area contributed by atoms with E-state index >= 15 is 0 Å². The molecule has 1 aliphatic carbocycles. The van der Waals surface area contributed by atoms with Gasteiger partial charge in [-0.25, -0.2) is 26.8 Å². The number of anilines is 3. The number of hydrogen-bond donors (Lipinski definition) is 2. The van der Waals surface area contributed by atoms with Crippen molar-refractivity contribution in [2.24, 2.45) is 17.3 Å². The van der Waals surface area contributed by atoms with Crippen LogP contribution in [0.4, 0.5) is 30.4 Å². The highest BCUT2D eigenvalue weighted by atomic mass is 35.5. The fourth-order valence-electron chi connectivity index (χ4n) is 9.96. The van der Waals surface area contributed by atoms with E-state index in [-0.39, 0.29) is 16.9 Å². The standard InChI is InChI=1S/C52H63ClF3N7O4S3/c1-36(2)37-19-23-61(24-20-37)25-21-41(34-68-43-8-6-5-7-9-43)59-47-17-15-44(31-49(47)69(64,65)52(54,55)56)70(66,67)60-50-46-16-14-42(30-48(46)57-35-58-50)63-28-26-62(27-29-63)33-39-32-51(3,4)22-18-45(39)38-10-12-40(53)13-11-38/h5-17,30-31,35-37,41,59H,18-29,32-34H2,1-4H3,(H,57,58,60)/t41-/m1/s1. The Balaban J connectivity index is 0.981. The number of aromatic nitrogens is 2. The molecule has 2 N–H and O–H groups in total. The molecule has 0 saturated carbocycles. The van der Waals surface area contributed by atoms with Crippen LogP contribution < -0.4 is 14.9 Å². The summed E-state index contributed by atoms with van der Waals surface area (Å²) in [5.74, 6) is 1.54. The number of fused-ring (bicyclic) bond motifs is 1. The Morgan fingerprint density at radius 1 is 0.857 bits per heavy atom. The van der Waals surface area contributed by atoms with Crippen LogP contribution in [-0.2, 0) is 19.9 Å². The Morgan fingerprint density at radius 3 is 2.26 bits per heavy atom. The molecule has 8 rings (SSSR count). The zero-order valence-electron chi connectivity index (χ0n) is 40.2. The summed E-state index contributed by atoms with van der Waals surface area (Å²) >= 11 is 7.72. The number of nitrogens with zero attached hydrogens (tertiary/aromatic N) is 5. The maximum Gasteiger partial charge on any atom is 0.501 e. The molecule has 376 valence electrons. The Hall–Kier alpha value is -4.39. The molecular weight excluding hydrogens is 975 g/mol. The fraction of sp³-hybridized carbons (Fsp3) is 0.462. The lowest BCUT2D eigenvalue weighted by Gasteiger charge is -2.39. The second-order valence-electron chi connectivity index (χ2n) is 20.0. The zero-order chi connectivity index (χ0) is 49.8. The SMILES string of the molecule is CC(C)C1CCN(CC[C@H](CSc2ccccc2)Nc2ccc(S(=O)(=O)Nc3ncnc4cc(N5CCN(CC6=C(c7ccc(Cl)cc7)CCC(C)(C)C6)CC5)ccc34)cc2S(=O)(=O)C(F)(F)F)CC1. The molecule has 18 heteroatoms. The van der Waals surface area contributed by atoms with Crippen LogP contribution in [0.1, 0.15) is 71.8 Å². The molecule has 2 fully saturated rings. The minimum Gasteiger partial charge on any atom is -0.380 e. The van der Waals surface area contributed by atoms with E-state index in [1.54, 1.807) is 6.07 Å². The first-order valence-electron chi connectivity index (χ1n) is 24.1. The van der Waals surface area contributed by atoms with Gasteiger partial charge in [-0.05, 0) is 141 Å². The minimum absolute atomic E-state index is 0.0978. The van der Waals surface area contributed by atoms with Crippen LogP contribution in [0, 0.1) is 17.3 Å². The molecule has 3 aliphatic rings. The number of allylic oxidation sites excluding steroid dienone is 1. The number of halogens is 4. The number of nitrogens with one attached hydrogen (secondary N) is 2. The third-order valence-corrected chi connectivity index (χ3v) is 18.4. The third kappa shape index (κ3) is 12.6. The summed E-state index contributed by atoms with van der Waals surface area (Å²) in [6.45, 7) is 15.7. The van der Waals surface area contributed by atoms with Crippen LogP contribution in [0.15, 0.2) is 118 Å². The Labute approximate surface area is 420 Å².